The zero-order chi connectivity index (χ0) is 11.8. The Morgan fingerprint density at radius 2 is 2.29 bits per heavy atom. The van der Waals surface area contributed by atoms with Crippen molar-refractivity contribution in [3.63, 3.8) is 0 Å². The number of halogens is 1. The van der Waals surface area contributed by atoms with Crippen LogP contribution in [-0.4, -0.2) is 25.2 Å². The molecule has 0 atom stereocenters. The monoisotopic (exact) mass is 295 g/mol. The van der Waals surface area contributed by atoms with E-state index in [1.807, 2.05) is 6.20 Å². The van der Waals surface area contributed by atoms with Gasteiger partial charge in [-0.15, -0.1) is 5.10 Å². The lowest BCUT2D eigenvalue weighted by molar-refractivity contribution is 0.410. The van der Waals surface area contributed by atoms with Crippen LogP contribution in [-0.2, 0) is 0 Å². The van der Waals surface area contributed by atoms with Crippen LogP contribution >= 0.6 is 15.9 Å². The molecule has 1 N–H and O–H groups in total. The normalized spacial score (nSPS) is 15.8. The Morgan fingerprint density at radius 3 is 3.00 bits per heavy atom. The van der Waals surface area contributed by atoms with Crippen LogP contribution in [0.15, 0.2) is 21.7 Å². The molecule has 6 nitrogen and oxygen atoms in total. The van der Waals surface area contributed by atoms with Gasteiger partial charge in [0.05, 0.1) is 18.1 Å². The molecule has 0 radical (unpaired) electrons. The molecule has 0 amide bonds. The van der Waals surface area contributed by atoms with E-state index in [1.165, 1.54) is 19.3 Å². The first-order chi connectivity index (χ1) is 8.25. The third-order valence-electron chi connectivity index (χ3n) is 3.06. The lowest BCUT2D eigenvalue weighted by Crippen LogP contribution is -2.12. The molecule has 3 rings (SSSR count). The predicted molar refractivity (Wildman–Crippen MR) is 64.1 cm³/mol. The molecule has 1 aliphatic rings. The molecule has 17 heavy (non-hydrogen) atoms. The van der Waals surface area contributed by atoms with E-state index >= 15 is 0 Å². The molecule has 2 aromatic rings. The van der Waals surface area contributed by atoms with Crippen molar-refractivity contribution < 1.29 is 0 Å². The fraction of sp³-hybridized carbons (Fsp3) is 0.400. The third-order valence-corrected chi connectivity index (χ3v) is 3.82. The maximum absolute atomic E-state index is 11.4. The van der Waals surface area contributed by atoms with Crippen molar-refractivity contribution in [3.05, 3.63) is 32.9 Å². The second kappa shape index (κ2) is 4.06. The minimum atomic E-state index is -0.275. The zero-order valence-electron chi connectivity index (χ0n) is 8.93. The second-order valence-corrected chi connectivity index (χ2v) is 4.91. The van der Waals surface area contributed by atoms with E-state index in [0.717, 1.165) is 5.69 Å². The Hall–Kier alpha value is -1.50. The first-order valence-corrected chi connectivity index (χ1v) is 6.21. The van der Waals surface area contributed by atoms with Gasteiger partial charge in [0.25, 0.3) is 5.56 Å². The highest BCUT2D eigenvalue weighted by atomic mass is 79.9. The van der Waals surface area contributed by atoms with E-state index in [2.05, 4.69) is 36.4 Å². The summed E-state index contributed by atoms with van der Waals surface area (Å²) in [5.41, 5.74) is 1.32. The predicted octanol–water partition coefficient (Wildman–Crippen LogP) is 1.38. The number of nitrogens with zero attached hydrogens (tertiary/aromatic N) is 4. The van der Waals surface area contributed by atoms with Crippen molar-refractivity contribution in [2.75, 3.05) is 0 Å². The summed E-state index contributed by atoms with van der Waals surface area (Å²) in [6.45, 7) is 0. The molecule has 0 saturated heterocycles. The molecule has 0 spiro atoms. The SMILES string of the molecule is O=c1[nH]ncc(-n2cc(C3CCC3)nn2)c1Br. The summed E-state index contributed by atoms with van der Waals surface area (Å²) in [6, 6.07) is 0. The van der Waals surface area contributed by atoms with E-state index in [0.29, 0.717) is 16.1 Å². The molecule has 7 heteroatoms. The average Bonchev–Trinajstić information content (AvgIpc) is 2.68. The summed E-state index contributed by atoms with van der Waals surface area (Å²) in [4.78, 5) is 11.4. The van der Waals surface area contributed by atoms with Crippen LogP contribution in [0.3, 0.4) is 0 Å². The van der Waals surface area contributed by atoms with E-state index < -0.39 is 0 Å². The fourth-order valence-corrected chi connectivity index (χ4v) is 2.19. The number of hydrogen-bond acceptors (Lipinski definition) is 4. The summed E-state index contributed by atoms with van der Waals surface area (Å²) < 4.78 is 2.00. The minimum Gasteiger partial charge on any atom is -0.267 e. The van der Waals surface area contributed by atoms with Gasteiger partial charge in [0, 0.05) is 5.92 Å². The standard InChI is InChI=1S/C10H10BrN5O/c11-9-8(4-12-14-10(9)17)16-5-7(13-15-16)6-2-1-3-6/h4-6H,1-3H2,(H,14,17). The van der Waals surface area contributed by atoms with Crippen LogP contribution in [0, 0.1) is 0 Å². The van der Waals surface area contributed by atoms with Crippen LogP contribution in [0.1, 0.15) is 30.9 Å². The van der Waals surface area contributed by atoms with Gasteiger partial charge in [-0.1, -0.05) is 11.6 Å². The van der Waals surface area contributed by atoms with Gasteiger partial charge in [0.15, 0.2) is 0 Å². The maximum atomic E-state index is 11.4. The molecule has 1 aliphatic carbocycles. The smallest absolute Gasteiger partial charge is 0.267 e. The highest BCUT2D eigenvalue weighted by Gasteiger charge is 2.23. The van der Waals surface area contributed by atoms with Crippen LogP contribution in [0.4, 0.5) is 0 Å². The summed E-state index contributed by atoms with van der Waals surface area (Å²) >= 11 is 3.22. The van der Waals surface area contributed by atoms with Crippen molar-refractivity contribution in [3.8, 4) is 5.69 Å². The molecule has 0 aromatic carbocycles. The molecule has 1 saturated carbocycles. The highest BCUT2D eigenvalue weighted by Crippen LogP contribution is 2.35. The van der Waals surface area contributed by atoms with Gasteiger partial charge in [0.2, 0.25) is 0 Å². The Balaban J connectivity index is 2.00. The van der Waals surface area contributed by atoms with Crippen molar-refractivity contribution in [1.82, 2.24) is 25.2 Å². The summed E-state index contributed by atoms with van der Waals surface area (Å²) in [5, 5.41) is 14.3. The number of aromatic nitrogens is 5. The molecule has 0 unspecified atom stereocenters. The molecular weight excluding hydrogens is 286 g/mol. The number of nitrogens with one attached hydrogen (secondary N) is 1. The molecule has 2 aromatic heterocycles. The summed E-state index contributed by atoms with van der Waals surface area (Å²) in [5.74, 6) is 0.525. The van der Waals surface area contributed by atoms with Crippen molar-refractivity contribution in [2.45, 2.75) is 25.2 Å². The highest BCUT2D eigenvalue weighted by molar-refractivity contribution is 9.10. The van der Waals surface area contributed by atoms with Gasteiger partial charge in [0.1, 0.15) is 10.2 Å². The summed E-state index contributed by atoms with van der Waals surface area (Å²) in [6.07, 6.45) is 7.02. The van der Waals surface area contributed by atoms with E-state index in [1.54, 1.807) is 10.9 Å². The maximum Gasteiger partial charge on any atom is 0.280 e. The minimum absolute atomic E-state index is 0.275. The molecule has 2 heterocycles. The Kier molecular flexibility index (Phi) is 2.54. The molecular formula is C10H10BrN5O. The number of H-pyrrole nitrogens is 1. The first kappa shape index (κ1) is 10.6. The van der Waals surface area contributed by atoms with Crippen molar-refractivity contribution in [1.29, 1.82) is 0 Å². The van der Waals surface area contributed by atoms with Crippen molar-refractivity contribution in [2.24, 2.45) is 0 Å². The van der Waals surface area contributed by atoms with Gasteiger partial charge in [-0.05, 0) is 28.8 Å². The Bertz CT molecular complexity index is 601. The topological polar surface area (TPSA) is 76.5 Å². The molecule has 1 fully saturated rings. The van der Waals surface area contributed by atoms with E-state index in [-0.39, 0.29) is 5.56 Å². The second-order valence-electron chi connectivity index (χ2n) is 4.11. The number of hydrogen-bond donors (Lipinski definition) is 1. The van der Waals surface area contributed by atoms with E-state index in [4.69, 9.17) is 0 Å². The quantitative estimate of drug-likeness (QED) is 0.908. The van der Waals surface area contributed by atoms with E-state index in [9.17, 15) is 4.79 Å². The van der Waals surface area contributed by atoms with Crippen LogP contribution in [0.25, 0.3) is 5.69 Å². The van der Waals surface area contributed by atoms with Crippen LogP contribution < -0.4 is 5.56 Å². The fourth-order valence-electron chi connectivity index (χ4n) is 1.82. The summed E-state index contributed by atoms with van der Waals surface area (Å²) in [7, 11) is 0. The van der Waals surface area contributed by atoms with Gasteiger partial charge in [-0.2, -0.15) is 5.10 Å². The lowest BCUT2D eigenvalue weighted by Gasteiger charge is -2.22. The van der Waals surface area contributed by atoms with Gasteiger partial charge < -0.3 is 0 Å². The van der Waals surface area contributed by atoms with Crippen LogP contribution in [0.2, 0.25) is 0 Å². The molecule has 88 valence electrons. The zero-order valence-corrected chi connectivity index (χ0v) is 10.5. The first-order valence-electron chi connectivity index (χ1n) is 5.41. The van der Waals surface area contributed by atoms with Crippen molar-refractivity contribution >= 4 is 15.9 Å². The number of rotatable bonds is 2. The lowest BCUT2D eigenvalue weighted by atomic mass is 9.83. The van der Waals surface area contributed by atoms with Crippen LogP contribution in [0.5, 0.6) is 0 Å². The van der Waals surface area contributed by atoms with Gasteiger partial charge in [-0.3, -0.25) is 4.79 Å². The molecule has 0 bridgehead atoms. The average molecular weight is 296 g/mol. The largest absolute Gasteiger partial charge is 0.280 e. The number of aromatic amines is 1. The Labute approximate surface area is 105 Å². The van der Waals surface area contributed by atoms with Gasteiger partial charge >= 0.3 is 0 Å². The van der Waals surface area contributed by atoms with Gasteiger partial charge in [-0.25, -0.2) is 9.78 Å². The third kappa shape index (κ3) is 1.80. The Morgan fingerprint density at radius 1 is 1.47 bits per heavy atom. The molecule has 0 aliphatic heterocycles.